The molecule has 0 spiro atoms. The SMILES string of the molecule is c1ccc(-c2ccc(-c3nc(-c4cccc(-n5c6ccccc6c6c7sc8ccccc8c7c7ccccc7c65)c4)nc4ccccc34)cc2)cc1. The van der Waals surface area contributed by atoms with E-state index in [2.05, 4.69) is 180 Å². The van der Waals surface area contributed by atoms with Crippen molar-refractivity contribution in [3.05, 3.63) is 176 Å². The molecule has 3 heterocycles. The summed E-state index contributed by atoms with van der Waals surface area (Å²) in [5.41, 5.74) is 9.78. The molecule has 0 amide bonds. The van der Waals surface area contributed by atoms with Crippen LogP contribution in [0.25, 0.3) is 103 Å². The third-order valence-electron chi connectivity index (χ3n) is 10.4. The molecule has 0 saturated carbocycles. The van der Waals surface area contributed by atoms with Gasteiger partial charge in [-0.2, -0.15) is 0 Å². The van der Waals surface area contributed by atoms with E-state index in [1.54, 1.807) is 0 Å². The second kappa shape index (κ2) is 11.5. The van der Waals surface area contributed by atoms with Crippen molar-refractivity contribution < 1.29 is 0 Å². The van der Waals surface area contributed by atoms with Gasteiger partial charge in [0.2, 0.25) is 0 Å². The van der Waals surface area contributed by atoms with Gasteiger partial charge in [0.1, 0.15) is 0 Å². The molecule has 0 fully saturated rings. The van der Waals surface area contributed by atoms with Gasteiger partial charge in [0.25, 0.3) is 0 Å². The van der Waals surface area contributed by atoms with Crippen LogP contribution in [0.5, 0.6) is 0 Å². The minimum absolute atomic E-state index is 0.709. The number of benzene rings is 8. The Hall–Kier alpha value is -6.62. The fourth-order valence-corrected chi connectivity index (χ4v) is 9.33. The van der Waals surface area contributed by atoms with Crippen molar-refractivity contribution in [2.75, 3.05) is 0 Å². The average molecular weight is 680 g/mol. The summed E-state index contributed by atoms with van der Waals surface area (Å²) in [5.74, 6) is 0.709. The molecule has 3 nitrogen and oxygen atoms in total. The molecule has 0 saturated heterocycles. The molecular formula is C48H29N3S. The Labute approximate surface area is 303 Å². The Morgan fingerprint density at radius 1 is 0.423 bits per heavy atom. The molecule has 8 aromatic carbocycles. The van der Waals surface area contributed by atoms with Crippen molar-refractivity contribution in [2.45, 2.75) is 0 Å². The number of rotatable bonds is 4. The Balaban J connectivity index is 1.14. The molecule has 4 heteroatoms. The van der Waals surface area contributed by atoms with Gasteiger partial charge in [-0.25, -0.2) is 9.97 Å². The van der Waals surface area contributed by atoms with Crippen LogP contribution in [-0.2, 0) is 0 Å². The van der Waals surface area contributed by atoms with Crippen LogP contribution in [0.1, 0.15) is 0 Å². The number of hydrogen-bond donors (Lipinski definition) is 0. The molecule has 0 aliphatic carbocycles. The zero-order valence-electron chi connectivity index (χ0n) is 28.0. The van der Waals surface area contributed by atoms with Crippen molar-refractivity contribution >= 4 is 75.0 Å². The largest absolute Gasteiger partial charge is 0.309 e. The van der Waals surface area contributed by atoms with E-state index in [1.807, 2.05) is 11.3 Å². The van der Waals surface area contributed by atoms with Crippen LogP contribution in [-0.4, -0.2) is 14.5 Å². The maximum absolute atomic E-state index is 5.29. The van der Waals surface area contributed by atoms with Gasteiger partial charge in [0.15, 0.2) is 5.82 Å². The first-order chi connectivity index (χ1) is 25.8. The second-order valence-corrected chi connectivity index (χ2v) is 14.4. The molecule has 0 radical (unpaired) electrons. The Morgan fingerprint density at radius 3 is 1.90 bits per heavy atom. The van der Waals surface area contributed by atoms with Crippen LogP contribution in [0.15, 0.2) is 176 Å². The first kappa shape index (κ1) is 29.1. The molecule has 242 valence electrons. The maximum atomic E-state index is 5.29. The standard InChI is InChI=1S/C48H29N3S/c1-2-13-30(14-3-1)31-25-27-32(28-26-31)45-37-19-6-9-22-40(37)49-48(50-45)33-15-12-16-34(29-33)51-41-23-10-7-20-38(41)44-46(51)36-18-5-4-17-35(36)43-39-21-8-11-24-42(39)52-47(43)44/h1-29H. The molecule has 3 aromatic heterocycles. The highest BCUT2D eigenvalue weighted by atomic mass is 32.1. The first-order valence-corrected chi connectivity index (χ1v) is 18.4. The van der Waals surface area contributed by atoms with Crippen LogP contribution in [0.2, 0.25) is 0 Å². The van der Waals surface area contributed by atoms with Gasteiger partial charge < -0.3 is 4.57 Å². The van der Waals surface area contributed by atoms with E-state index >= 15 is 0 Å². The van der Waals surface area contributed by atoms with Crippen molar-refractivity contribution in [2.24, 2.45) is 0 Å². The number of aromatic nitrogens is 3. The minimum Gasteiger partial charge on any atom is -0.309 e. The van der Waals surface area contributed by atoms with Crippen LogP contribution in [0, 0.1) is 0 Å². The van der Waals surface area contributed by atoms with Crippen molar-refractivity contribution in [3.8, 4) is 39.5 Å². The number of nitrogens with zero attached hydrogens (tertiary/aromatic N) is 3. The second-order valence-electron chi connectivity index (χ2n) is 13.3. The number of para-hydroxylation sites is 2. The maximum Gasteiger partial charge on any atom is 0.160 e. The normalized spacial score (nSPS) is 11.8. The first-order valence-electron chi connectivity index (χ1n) is 17.6. The van der Waals surface area contributed by atoms with Gasteiger partial charge in [0, 0.05) is 58.5 Å². The quantitative estimate of drug-likeness (QED) is 0.185. The summed E-state index contributed by atoms with van der Waals surface area (Å²) in [6, 6.07) is 62.8. The summed E-state index contributed by atoms with van der Waals surface area (Å²) in [4.78, 5) is 10.4. The lowest BCUT2D eigenvalue weighted by Gasteiger charge is -2.13. The van der Waals surface area contributed by atoms with E-state index in [0.717, 1.165) is 33.4 Å². The lowest BCUT2D eigenvalue weighted by Crippen LogP contribution is -1.98. The van der Waals surface area contributed by atoms with E-state index in [-0.39, 0.29) is 0 Å². The van der Waals surface area contributed by atoms with Crippen molar-refractivity contribution in [1.29, 1.82) is 0 Å². The lowest BCUT2D eigenvalue weighted by atomic mass is 9.99. The molecule has 52 heavy (non-hydrogen) atoms. The van der Waals surface area contributed by atoms with Crippen LogP contribution in [0.3, 0.4) is 0 Å². The van der Waals surface area contributed by atoms with Crippen molar-refractivity contribution in [3.63, 3.8) is 0 Å². The van der Waals surface area contributed by atoms with Gasteiger partial charge in [-0.3, -0.25) is 0 Å². The number of thiophene rings is 1. The molecule has 0 N–H and O–H groups in total. The van der Waals surface area contributed by atoms with Gasteiger partial charge in [-0.15, -0.1) is 11.3 Å². The van der Waals surface area contributed by atoms with Crippen LogP contribution in [0.4, 0.5) is 0 Å². The molecule has 0 unspecified atom stereocenters. The highest BCUT2D eigenvalue weighted by Gasteiger charge is 2.22. The summed E-state index contributed by atoms with van der Waals surface area (Å²) in [6.07, 6.45) is 0. The fourth-order valence-electron chi connectivity index (χ4n) is 8.05. The van der Waals surface area contributed by atoms with Gasteiger partial charge in [-0.05, 0) is 46.8 Å². The summed E-state index contributed by atoms with van der Waals surface area (Å²) in [6.45, 7) is 0. The van der Waals surface area contributed by atoms with E-state index in [1.165, 1.54) is 63.9 Å². The molecule has 0 atom stereocenters. The zero-order valence-corrected chi connectivity index (χ0v) is 28.8. The van der Waals surface area contributed by atoms with Gasteiger partial charge >= 0.3 is 0 Å². The number of hydrogen-bond acceptors (Lipinski definition) is 3. The highest BCUT2D eigenvalue weighted by Crippen LogP contribution is 2.48. The highest BCUT2D eigenvalue weighted by molar-refractivity contribution is 7.27. The summed E-state index contributed by atoms with van der Waals surface area (Å²) >= 11 is 1.90. The van der Waals surface area contributed by atoms with E-state index in [0.29, 0.717) is 5.82 Å². The molecule has 0 bridgehead atoms. The Bertz CT molecular complexity index is 3170. The molecule has 0 aliphatic rings. The van der Waals surface area contributed by atoms with Gasteiger partial charge in [0.05, 0.1) is 22.2 Å². The number of fused-ring (bicyclic) bond motifs is 11. The van der Waals surface area contributed by atoms with Crippen LogP contribution < -0.4 is 0 Å². The monoisotopic (exact) mass is 679 g/mol. The fraction of sp³-hybridized carbons (Fsp3) is 0. The van der Waals surface area contributed by atoms with E-state index in [4.69, 9.17) is 9.97 Å². The molecule has 11 aromatic rings. The summed E-state index contributed by atoms with van der Waals surface area (Å²) < 4.78 is 5.10. The smallest absolute Gasteiger partial charge is 0.160 e. The van der Waals surface area contributed by atoms with Crippen LogP contribution >= 0.6 is 11.3 Å². The third kappa shape index (κ3) is 4.38. The minimum atomic E-state index is 0.709. The predicted octanol–water partition coefficient (Wildman–Crippen LogP) is 13.2. The van der Waals surface area contributed by atoms with E-state index < -0.39 is 0 Å². The predicted molar refractivity (Wildman–Crippen MR) is 221 cm³/mol. The molecular weight excluding hydrogens is 651 g/mol. The summed E-state index contributed by atoms with van der Waals surface area (Å²) in [5, 5.41) is 8.79. The molecule has 0 aliphatic heterocycles. The molecule has 11 rings (SSSR count). The Morgan fingerprint density at radius 2 is 1.06 bits per heavy atom. The zero-order chi connectivity index (χ0) is 34.2. The van der Waals surface area contributed by atoms with E-state index in [9.17, 15) is 0 Å². The van der Waals surface area contributed by atoms with Crippen molar-refractivity contribution in [1.82, 2.24) is 14.5 Å². The van der Waals surface area contributed by atoms with Gasteiger partial charge in [-0.1, -0.05) is 146 Å². The topological polar surface area (TPSA) is 30.7 Å². The average Bonchev–Trinajstić information content (AvgIpc) is 3.78. The summed E-state index contributed by atoms with van der Waals surface area (Å²) in [7, 11) is 0. The third-order valence-corrected chi connectivity index (χ3v) is 11.6. The lowest BCUT2D eigenvalue weighted by molar-refractivity contribution is 1.17. The Kier molecular flexibility index (Phi) is 6.42.